The maximum absolute atomic E-state index is 13.0. The Morgan fingerprint density at radius 1 is 0.395 bits per heavy atom. The first-order valence-electron chi connectivity index (χ1n) is 40.4. The molecule has 0 aliphatic rings. The summed E-state index contributed by atoms with van der Waals surface area (Å²) in [4.78, 5) is 43.5. The molecule has 0 saturated carbocycles. The number of benzene rings is 9. The predicted molar refractivity (Wildman–Crippen MR) is 450 cm³/mol. The van der Waals surface area contributed by atoms with E-state index in [4.69, 9.17) is 18.8 Å². The molecular formula is C100H93FIr4N5O4-5. The average Bonchev–Trinajstić information content (AvgIpc) is 0.774. The van der Waals surface area contributed by atoms with E-state index in [1.165, 1.54) is 61.0 Å². The molecule has 9 nitrogen and oxygen atoms in total. The Morgan fingerprint density at radius 3 is 1.16 bits per heavy atom. The van der Waals surface area contributed by atoms with Crippen LogP contribution in [0.15, 0.2) is 327 Å². The van der Waals surface area contributed by atoms with E-state index in [-0.39, 0.29) is 174 Å². The fourth-order valence-electron chi connectivity index (χ4n) is 10.3. The zero-order valence-electron chi connectivity index (χ0n) is 75.4. The van der Waals surface area contributed by atoms with E-state index < -0.39 is 17.5 Å². The maximum Gasteiger partial charge on any atom is 0.164 e. The second kappa shape index (κ2) is 48.7. The Kier molecular flexibility index (Phi) is 34.3. The molecule has 0 amide bonds. The summed E-state index contributed by atoms with van der Waals surface area (Å²) in [5.41, 5.74) is 19.3. The van der Waals surface area contributed by atoms with Gasteiger partial charge in [0.15, 0.2) is 11.6 Å². The summed E-state index contributed by atoms with van der Waals surface area (Å²) in [5.74, 6) is -0.185. The number of aryl methyl sites for hydroxylation is 5. The number of rotatable bonds is 11. The molecule has 14 heteroatoms. The predicted octanol–water partition coefficient (Wildman–Crippen LogP) is 25.2. The Labute approximate surface area is 742 Å². The zero-order valence-corrected chi connectivity index (χ0v) is 75.0. The second-order valence-corrected chi connectivity index (χ2v) is 27.3. The number of halogens is 1. The number of carbonyl (C=O) groups is 2. The number of aliphatic hydroxyl groups excluding tert-OH is 2. The third kappa shape index (κ3) is 31.6. The number of hydrogen-bond donors (Lipinski definition) is 2. The van der Waals surface area contributed by atoms with Gasteiger partial charge < -0.3 is 35.1 Å². The van der Waals surface area contributed by atoms with Crippen LogP contribution in [0.1, 0.15) is 96.9 Å². The van der Waals surface area contributed by atoms with Crippen LogP contribution in [0.25, 0.3) is 101 Å². The molecule has 14 rings (SSSR count). The van der Waals surface area contributed by atoms with Crippen LogP contribution in [0, 0.1) is 81.6 Å². The van der Waals surface area contributed by atoms with Crippen molar-refractivity contribution in [2.45, 2.75) is 90.0 Å². The second-order valence-electron chi connectivity index (χ2n) is 27.3. The van der Waals surface area contributed by atoms with Crippen molar-refractivity contribution in [3.05, 3.63) is 391 Å². The molecule has 590 valence electrons. The first-order chi connectivity index (χ1) is 56.9. The normalized spacial score (nSPS) is 11.7. The van der Waals surface area contributed by atoms with Gasteiger partial charge in [0.1, 0.15) is 11.6 Å². The van der Waals surface area contributed by atoms with Gasteiger partial charge in [0.25, 0.3) is 0 Å². The SMILES string of the molecule is CC(=O)C=C(C)O.CC(C)(C)C(=O)C=C(O)C(C)(C)C.Cc1cc(-c2[c-]cccc2)ncc1-c1ccc(F)cc1.Cc1cc(-c2[c-]cccc2)ncc1-c1ccccc1.[2H]c1c([2H])c([2H])c(-c2ccc(-c3[c-]cccc3)nc2)c([2H])c1[2H].[2H]c1c([2H])c([2H])c(-c2cnc(-c3[c-]c(C)cc(C)c3)cc2C)c([2H])c1[2H].[Ir].[Ir].[Ir].[Ir].[c-]1ccccc1-c1ccccn1. The van der Waals surface area contributed by atoms with Gasteiger partial charge in [-0.05, 0) is 126 Å². The van der Waals surface area contributed by atoms with Crippen LogP contribution in [-0.2, 0) is 90.0 Å². The molecule has 2 N–H and O–H groups in total. The van der Waals surface area contributed by atoms with E-state index in [1.54, 1.807) is 42.7 Å². The number of carbonyl (C=O) groups excluding carboxylic acids is 2. The molecule has 14 aromatic rings. The Bertz CT molecular complexity index is 5790. The van der Waals surface area contributed by atoms with E-state index in [2.05, 4.69) is 80.4 Å². The number of allylic oxidation sites excluding steroid dienone is 4. The zero-order chi connectivity index (χ0) is 87.7. The summed E-state index contributed by atoms with van der Waals surface area (Å²) in [5, 5.41) is 17.9. The number of aliphatic hydroxyl groups is 2. The van der Waals surface area contributed by atoms with E-state index in [0.29, 0.717) is 16.8 Å². The fraction of sp³-hybridized carbons (Fsp3) is 0.150. The van der Waals surface area contributed by atoms with Crippen molar-refractivity contribution in [3.63, 3.8) is 0 Å². The quantitative estimate of drug-likeness (QED) is 0.0736. The van der Waals surface area contributed by atoms with Gasteiger partial charge in [-0.15, -0.1) is 178 Å². The van der Waals surface area contributed by atoms with Crippen LogP contribution >= 0.6 is 0 Å². The molecule has 0 aliphatic heterocycles. The topological polar surface area (TPSA) is 139 Å². The van der Waals surface area contributed by atoms with Crippen molar-refractivity contribution in [1.82, 2.24) is 24.9 Å². The minimum atomic E-state index is -0.417. The number of ketones is 2. The summed E-state index contributed by atoms with van der Waals surface area (Å²) in [7, 11) is 0. The summed E-state index contributed by atoms with van der Waals surface area (Å²) in [6.45, 7) is 24.0. The Morgan fingerprint density at radius 2 is 0.789 bits per heavy atom. The molecule has 0 saturated heterocycles. The van der Waals surface area contributed by atoms with Crippen LogP contribution in [0.4, 0.5) is 4.39 Å². The van der Waals surface area contributed by atoms with Gasteiger partial charge in [-0.1, -0.05) is 201 Å². The average molecular weight is 2230 g/mol. The van der Waals surface area contributed by atoms with E-state index in [9.17, 15) is 19.1 Å². The fourth-order valence-corrected chi connectivity index (χ4v) is 10.3. The number of hydrogen-bond acceptors (Lipinski definition) is 9. The molecule has 0 bridgehead atoms. The van der Waals surface area contributed by atoms with Crippen LogP contribution in [0.5, 0.6) is 0 Å². The first kappa shape index (κ1) is 80.3. The van der Waals surface area contributed by atoms with Gasteiger partial charge in [-0.25, -0.2) is 4.39 Å². The first-order valence-corrected chi connectivity index (χ1v) is 35.4. The Balaban J connectivity index is 0.000000310. The smallest absolute Gasteiger partial charge is 0.164 e. The van der Waals surface area contributed by atoms with Gasteiger partial charge in [-0.3, -0.25) is 9.59 Å². The van der Waals surface area contributed by atoms with Crippen molar-refractivity contribution in [2.75, 3.05) is 0 Å². The minimum Gasteiger partial charge on any atom is -0.512 e. The minimum absolute atomic E-state index is 0. The third-order valence-electron chi connectivity index (χ3n) is 16.1. The maximum atomic E-state index is 13.0. The van der Waals surface area contributed by atoms with Crippen molar-refractivity contribution in [3.8, 4) is 101 Å². The van der Waals surface area contributed by atoms with Crippen LogP contribution < -0.4 is 0 Å². The van der Waals surface area contributed by atoms with Crippen LogP contribution in [0.2, 0.25) is 0 Å². The van der Waals surface area contributed by atoms with E-state index >= 15 is 0 Å². The molecule has 4 radical (unpaired) electrons. The molecular weight excluding hydrogens is 2120 g/mol. The van der Waals surface area contributed by atoms with Crippen LogP contribution in [0.3, 0.4) is 0 Å². The summed E-state index contributed by atoms with van der Waals surface area (Å²) >= 11 is 0. The summed E-state index contributed by atoms with van der Waals surface area (Å²) in [6.07, 6.45) is 11.2. The summed E-state index contributed by atoms with van der Waals surface area (Å²) in [6, 6.07) is 79.9. The molecule has 5 heterocycles. The van der Waals surface area contributed by atoms with Crippen molar-refractivity contribution >= 4 is 11.6 Å². The van der Waals surface area contributed by atoms with Gasteiger partial charge >= 0.3 is 0 Å². The molecule has 0 aliphatic carbocycles. The van der Waals surface area contributed by atoms with Crippen LogP contribution in [-0.4, -0.2) is 46.7 Å². The largest absolute Gasteiger partial charge is 0.512 e. The number of aromatic nitrogens is 5. The standard InChI is InChI=1S/C20H18N.C18H13FN.C18H14N.C17H12N.C11H8N.C11H20O2.C5H8O2.4Ir/c1-14-9-15(2)11-18(10-14)20-12-16(3)19(13-21-20)17-7-5-4-6-8-17;1-13-11-18(15-5-3-2-4-6-15)20-12-17(13)14-7-9-16(19)10-8-14;1-14-12-18(16-10-6-3-7-11-16)19-13-17(14)15-8-4-2-5-9-15;1-3-7-14(8-4-1)16-11-12-17(18-13-16)15-9-5-2-6-10-15;1-2-6-10(7-3-1)11-8-4-5-9-12-11;1-10(2,3)8(12)7-9(13)11(4,5)6;1-4(6)3-5(2)7;;;;/h4-10,12-13H,1-3H3;2-5,7-12H,1H3;2-10,12-13H,1H3;1-9,11-13H;1-6,8-9H;7,12H,1-6H3;3,6H,1-2H3;;;;/q5*-1;;;;;;/i4D,5D,6D,7D,8D;;;1D,3D,4D,7D,8D;;;;;;;. The van der Waals surface area contributed by atoms with Gasteiger partial charge in [-0.2, -0.15) is 0 Å². The molecule has 0 unspecified atom stereocenters. The number of pyridine rings is 5. The number of nitrogens with zero attached hydrogens (tertiary/aromatic N) is 5. The van der Waals surface area contributed by atoms with Gasteiger partial charge in [0, 0.05) is 151 Å². The van der Waals surface area contributed by atoms with Crippen molar-refractivity contribution < 1.29 is 118 Å². The van der Waals surface area contributed by atoms with E-state index in [1.807, 2.05) is 233 Å². The summed E-state index contributed by atoms with van der Waals surface area (Å²) < 4.78 is 91.7. The molecule has 114 heavy (non-hydrogen) atoms. The van der Waals surface area contributed by atoms with E-state index in [0.717, 1.165) is 84.0 Å². The molecule has 5 aromatic heterocycles. The third-order valence-corrected chi connectivity index (χ3v) is 16.1. The molecule has 0 fully saturated rings. The van der Waals surface area contributed by atoms with Crippen molar-refractivity contribution in [1.29, 1.82) is 0 Å². The van der Waals surface area contributed by atoms with Crippen molar-refractivity contribution in [2.24, 2.45) is 10.8 Å². The molecule has 9 aromatic carbocycles. The van der Waals surface area contributed by atoms with Gasteiger partial charge in [0.2, 0.25) is 0 Å². The molecule has 0 spiro atoms. The Hall–Kier alpha value is -10.3. The monoisotopic (exact) mass is 2230 g/mol. The molecule has 0 atom stereocenters. The van der Waals surface area contributed by atoms with Gasteiger partial charge in [0.05, 0.1) is 19.5 Å².